The SMILES string of the molecule is Cc1[nH]c2ncnc(NC(=O)Cc3ccc(S(=O)C4CC4)cc3)c2c1C. The van der Waals surface area contributed by atoms with E-state index in [-0.39, 0.29) is 12.3 Å². The first-order valence-electron chi connectivity index (χ1n) is 8.62. The van der Waals surface area contributed by atoms with Gasteiger partial charge in [-0.25, -0.2) is 9.97 Å². The van der Waals surface area contributed by atoms with E-state index in [2.05, 4.69) is 20.3 Å². The lowest BCUT2D eigenvalue weighted by Crippen LogP contribution is -2.15. The molecule has 0 aliphatic heterocycles. The number of benzene rings is 1. The molecule has 1 atom stereocenters. The Morgan fingerprint density at radius 1 is 1.23 bits per heavy atom. The Morgan fingerprint density at radius 2 is 1.96 bits per heavy atom. The van der Waals surface area contributed by atoms with Crippen LogP contribution in [-0.4, -0.2) is 30.3 Å². The second-order valence-corrected chi connectivity index (χ2v) is 8.42. The van der Waals surface area contributed by atoms with Gasteiger partial charge in [0.1, 0.15) is 17.8 Å². The Kier molecular flexibility index (Phi) is 4.32. The zero-order chi connectivity index (χ0) is 18.3. The highest BCUT2D eigenvalue weighted by Crippen LogP contribution is 2.30. The molecular formula is C19H20N4O2S. The van der Waals surface area contributed by atoms with Crippen LogP contribution in [0.25, 0.3) is 11.0 Å². The van der Waals surface area contributed by atoms with Crippen molar-refractivity contribution in [3.63, 3.8) is 0 Å². The average Bonchev–Trinajstić information content (AvgIpc) is 3.42. The Balaban J connectivity index is 1.48. The quantitative estimate of drug-likeness (QED) is 0.725. The molecule has 2 N–H and O–H groups in total. The standard InChI is InChI=1S/C19H20N4O2S/c1-11-12(2)22-18-17(11)19(21-10-20-18)23-16(24)9-13-3-5-14(6-4-13)26(25)15-7-8-15/h3-6,10,15H,7-9H2,1-2H3,(H2,20,21,22,23,24). The van der Waals surface area contributed by atoms with Crippen LogP contribution in [0.5, 0.6) is 0 Å². The van der Waals surface area contributed by atoms with Crippen LogP contribution in [-0.2, 0) is 22.0 Å². The van der Waals surface area contributed by atoms with Gasteiger partial charge in [0.15, 0.2) is 0 Å². The number of rotatable bonds is 5. The minimum atomic E-state index is -0.914. The minimum Gasteiger partial charge on any atom is -0.343 e. The molecule has 1 fully saturated rings. The van der Waals surface area contributed by atoms with Crippen molar-refractivity contribution in [2.45, 2.75) is 43.3 Å². The summed E-state index contributed by atoms with van der Waals surface area (Å²) >= 11 is 0. The molecule has 1 amide bonds. The first kappa shape index (κ1) is 16.9. The molecule has 2 heterocycles. The fourth-order valence-corrected chi connectivity index (χ4v) is 4.32. The summed E-state index contributed by atoms with van der Waals surface area (Å²) in [6, 6.07) is 7.46. The lowest BCUT2D eigenvalue weighted by molar-refractivity contribution is -0.115. The maximum atomic E-state index is 12.4. The monoisotopic (exact) mass is 368 g/mol. The summed E-state index contributed by atoms with van der Waals surface area (Å²) < 4.78 is 12.2. The maximum absolute atomic E-state index is 12.4. The first-order valence-corrected chi connectivity index (χ1v) is 9.83. The molecule has 0 saturated heterocycles. The molecule has 3 aromatic rings. The van der Waals surface area contributed by atoms with Crippen molar-refractivity contribution < 1.29 is 9.00 Å². The van der Waals surface area contributed by atoms with Gasteiger partial charge in [-0.3, -0.25) is 9.00 Å². The number of fused-ring (bicyclic) bond motifs is 1. The number of anilines is 1. The highest BCUT2D eigenvalue weighted by Gasteiger charge is 2.29. The van der Waals surface area contributed by atoms with Crippen molar-refractivity contribution in [3.8, 4) is 0 Å². The minimum absolute atomic E-state index is 0.140. The molecule has 134 valence electrons. The van der Waals surface area contributed by atoms with Crippen LogP contribution >= 0.6 is 0 Å². The van der Waals surface area contributed by atoms with Crippen LogP contribution in [0.4, 0.5) is 5.82 Å². The Labute approximate surface area is 153 Å². The molecular weight excluding hydrogens is 348 g/mol. The molecule has 1 unspecified atom stereocenters. The van der Waals surface area contributed by atoms with Gasteiger partial charge in [-0.2, -0.15) is 0 Å². The molecule has 0 radical (unpaired) electrons. The van der Waals surface area contributed by atoms with Crippen LogP contribution < -0.4 is 5.32 Å². The number of amides is 1. The van der Waals surface area contributed by atoms with Crippen molar-refractivity contribution in [2.24, 2.45) is 0 Å². The third-order valence-corrected chi connectivity index (χ3v) is 6.51. The van der Waals surface area contributed by atoms with Gasteiger partial charge in [0, 0.05) is 15.8 Å². The molecule has 4 rings (SSSR count). The van der Waals surface area contributed by atoms with Crippen molar-refractivity contribution in [2.75, 3.05) is 5.32 Å². The zero-order valence-electron chi connectivity index (χ0n) is 14.7. The van der Waals surface area contributed by atoms with Crippen LogP contribution in [0.3, 0.4) is 0 Å². The molecule has 1 saturated carbocycles. The number of nitrogens with zero attached hydrogens (tertiary/aromatic N) is 2. The summed E-state index contributed by atoms with van der Waals surface area (Å²) in [5.41, 5.74) is 3.64. The molecule has 6 nitrogen and oxygen atoms in total. The van der Waals surface area contributed by atoms with E-state index >= 15 is 0 Å². The summed E-state index contributed by atoms with van der Waals surface area (Å²) in [6.07, 6.45) is 3.77. The fraction of sp³-hybridized carbons (Fsp3) is 0.316. The Bertz CT molecular complexity index is 1010. The predicted molar refractivity (Wildman–Crippen MR) is 102 cm³/mol. The highest BCUT2D eigenvalue weighted by atomic mass is 32.2. The van der Waals surface area contributed by atoms with E-state index in [1.165, 1.54) is 6.33 Å². The molecule has 0 spiro atoms. The van der Waals surface area contributed by atoms with Gasteiger partial charge in [0.2, 0.25) is 5.91 Å². The molecule has 2 aromatic heterocycles. The van der Waals surface area contributed by atoms with Crippen LogP contribution in [0.15, 0.2) is 35.5 Å². The second-order valence-electron chi connectivity index (χ2n) is 6.69. The van der Waals surface area contributed by atoms with Crippen molar-refractivity contribution in [3.05, 3.63) is 47.4 Å². The van der Waals surface area contributed by atoms with E-state index in [0.717, 1.165) is 45.6 Å². The number of carbonyl (C=O) groups excluding carboxylic acids is 1. The highest BCUT2D eigenvalue weighted by molar-refractivity contribution is 7.86. The van der Waals surface area contributed by atoms with Crippen molar-refractivity contribution in [1.29, 1.82) is 0 Å². The fourth-order valence-electron chi connectivity index (χ4n) is 2.97. The van der Waals surface area contributed by atoms with Gasteiger partial charge < -0.3 is 10.3 Å². The summed E-state index contributed by atoms with van der Waals surface area (Å²) in [7, 11) is -0.914. The molecule has 1 aliphatic rings. The van der Waals surface area contributed by atoms with Crippen LogP contribution in [0.2, 0.25) is 0 Å². The van der Waals surface area contributed by atoms with E-state index < -0.39 is 10.8 Å². The lowest BCUT2D eigenvalue weighted by atomic mass is 10.1. The molecule has 26 heavy (non-hydrogen) atoms. The van der Waals surface area contributed by atoms with E-state index in [4.69, 9.17) is 0 Å². The summed E-state index contributed by atoms with van der Waals surface area (Å²) in [6.45, 7) is 3.95. The maximum Gasteiger partial charge on any atom is 0.229 e. The molecule has 7 heteroatoms. The normalized spacial score (nSPS) is 15.2. The van der Waals surface area contributed by atoms with Gasteiger partial charge in [-0.1, -0.05) is 12.1 Å². The van der Waals surface area contributed by atoms with Gasteiger partial charge >= 0.3 is 0 Å². The number of aromatic amines is 1. The Morgan fingerprint density at radius 3 is 2.65 bits per heavy atom. The zero-order valence-corrected chi connectivity index (χ0v) is 15.5. The smallest absolute Gasteiger partial charge is 0.229 e. The molecule has 0 bridgehead atoms. The summed E-state index contributed by atoms with van der Waals surface area (Å²) in [5, 5.41) is 4.04. The topological polar surface area (TPSA) is 87.7 Å². The first-order chi connectivity index (χ1) is 12.5. The third kappa shape index (κ3) is 3.26. The number of hydrogen-bond acceptors (Lipinski definition) is 4. The molecule has 1 aliphatic carbocycles. The van der Waals surface area contributed by atoms with E-state index in [0.29, 0.717) is 11.1 Å². The number of nitrogens with one attached hydrogen (secondary N) is 2. The third-order valence-electron chi connectivity index (χ3n) is 4.70. The van der Waals surface area contributed by atoms with Crippen molar-refractivity contribution >= 4 is 33.6 Å². The largest absolute Gasteiger partial charge is 0.343 e. The van der Waals surface area contributed by atoms with E-state index in [1.54, 1.807) is 0 Å². The lowest BCUT2D eigenvalue weighted by Gasteiger charge is -2.07. The van der Waals surface area contributed by atoms with E-state index in [1.807, 2.05) is 38.1 Å². The van der Waals surface area contributed by atoms with Gasteiger partial charge in [-0.15, -0.1) is 0 Å². The van der Waals surface area contributed by atoms with Gasteiger partial charge in [-0.05, 0) is 49.9 Å². The molecule has 1 aromatic carbocycles. The van der Waals surface area contributed by atoms with E-state index in [9.17, 15) is 9.00 Å². The average molecular weight is 368 g/mol. The number of hydrogen-bond donors (Lipinski definition) is 2. The number of carbonyl (C=O) groups is 1. The summed E-state index contributed by atoms with van der Waals surface area (Å²) in [5.74, 6) is 0.382. The van der Waals surface area contributed by atoms with Crippen LogP contribution in [0, 0.1) is 13.8 Å². The van der Waals surface area contributed by atoms with Gasteiger partial charge in [0.05, 0.1) is 22.6 Å². The number of H-pyrrole nitrogens is 1. The van der Waals surface area contributed by atoms with Crippen molar-refractivity contribution in [1.82, 2.24) is 15.0 Å². The summed E-state index contributed by atoms with van der Waals surface area (Å²) in [4.78, 5) is 24.9. The van der Waals surface area contributed by atoms with Crippen LogP contribution in [0.1, 0.15) is 29.7 Å². The predicted octanol–water partition coefficient (Wildman–Crippen LogP) is 3.03. The Hall–Kier alpha value is -2.54. The number of aromatic nitrogens is 3. The van der Waals surface area contributed by atoms with Gasteiger partial charge in [0.25, 0.3) is 0 Å². The second kappa shape index (κ2) is 6.64. The number of aryl methyl sites for hydroxylation is 2.